The van der Waals surface area contributed by atoms with E-state index in [-0.39, 0.29) is 5.91 Å². The molecule has 3 rings (SSSR count). The van der Waals surface area contributed by atoms with Crippen molar-refractivity contribution in [2.45, 2.75) is 13.3 Å². The number of hydrogen-bond acceptors (Lipinski definition) is 4. The first-order valence-corrected chi connectivity index (χ1v) is 9.97. The zero-order valence-electron chi connectivity index (χ0n) is 13.9. The van der Waals surface area contributed by atoms with Crippen molar-refractivity contribution in [2.75, 3.05) is 11.5 Å². The smallest absolute Gasteiger partial charge is 0.270 e. The Morgan fingerprint density at radius 1 is 1.31 bits per heavy atom. The van der Waals surface area contributed by atoms with E-state index in [1.165, 1.54) is 28.8 Å². The molecule has 3 nitrogen and oxygen atoms in total. The fraction of sp³-hybridized carbons (Fsp3) is 0.158. The first-order chi connectivity index (χ1) is 12.5. The molecular weight excluding hydrogens is 437 g/mol. The molecule has 0 bridgehead atoms. The van der Waals surface area contributed by atoms with Gasteiger partial charge in [-0.1, -0.05) is 52.9 Å². The highest BCUT2D eigenvalue weighted by Gasteiger charge is 2.33. The number of halogens is 2. The van der Waals surface area contributed by atoms with Crippen LogP contribution < -0.4 is 9.64 Å². The predicted octanol–water partition coefficient (Wildman–Crippen LogP) is 5.78. The Labute approximate surface area is 169 Å². The van der Waals surface area contributed by atoms with Gasteiger partial charge in [0.25, 0.3) is 5.91 Å². The highest BCUT2D eigenvalue weighted by molar-refractivity contribution is 9.10. The third-order valence-corrected chi connectivity index (χ3v) is 5.38. The number of carbonyl (C=O) groups is 1. The molecule has 0 saturated carbocycles. The molecule has 0 unspecified atom stereocenters. The van der Waals surface area contributed by atoms with Crippen LogP contribution >= 0.6 is 39.9 Å². The van der Waals surface area contributed by atoms with Crippen LogP contribution in [0.2, 0.25) is 0 Å². The molecule has 1 heterocycles. The first kappa shape index (κ1) is 19.1. The largest absolute Gasteiger partial charge is 0.493 e. The summed E-state index contributed by atoms with van der Waals surface area (Å²) in [5.41, 5.74) is 1.21. The second kappa shape index (κ2) is 8.33. The SMILES string of the molecule is CCCOc1ccc(Br)cc1/C=C1\SC(=S)N(c2cccc(F)c2)C1=O. The van der Waals surface area contributed by atoms with Crippen molar-refractivity contribution in [3.63, 3.8) is 0 Å². The number of anilines is 1. The monoisotopic (exact) mass is 451 g/mol. The third kappa shape index (κ3) is 4.16. The van der Waals surface area contributed by atoms with Crippen molar-refractivity contribution >= 4 is 61.9 Å². The number of rotatable bonds is 5. The van der Waals surface area contributed by atoms with Crippen LogP contribution in [0.15, 0.2) is 51.8 Å². The summed E-state index contributed by atoms with van der Waals surface area (Å²) in [5.74, 6) is 0.0147. The maximum absolute atomic E-state index is 13.5. The highest BCUT2D eigenvalue weighted by atomic mass is 79.9. The molecule has 1 aliphatic heterocycles. The lowest BCUT2D eigenvalue weighted by Gasteiger charge is -2.14. The lowest BCUT2D eigenvalue weighted by Crippen LogP contribution is -2.27. The second-order valence-corrected chi connectivity index (χ2v) is 8.12. The van der Waals surface area contributed by atoms with Gasteiger partial charge in [0.15, 0.2) is 4.32 Å². The predicted molar refractivity (Wildman–Crippen MR) is 112 cm³/mol. The molecule has 2 aromatic rings. The molecule has 7 heteroatoms. The summed E-state index contributed by atoms with van der Waals surface area (Å²) in [7, 11) is 0. The molecule has 26 heavy (non-hydrogen) atoms. The Balaban J connectivity index is 1.94. The Hall–Kier alpha value is -1.70. The maximum atomic E-state index is 13.5. The molecule has 0 N–H and O–H groups in total. The lowest BCUT2D eigenvalue weighted by molar-refractivity contribution is -0.113. The van der Waals surface area contributed by atoms with Crippen molar-refractivity contribution in [3.8, 4) is 5.75 Å². The Kier molecular flexibility index (Phi) is 6.11. The molecule has 2 aromatic carbocycles. The summed E-state index contributed by atoms with van der Waals surface area (Å²) in [6.07, 6.45) is 2.64. The van der Waals surface area contributed by atoms with Crippen LogP contribution in [0.25, 0.3) is 6.08 Å². The van der Waals surface area contributed by atoms with Crippen molar-refractivity contribution in [1.82, 2.24) is 0 Å². The fourth-order valence-corrected chi connectivity index (χ4v) is 4.09. The first-order valence-electron chi connectivity index (χ1n) is 7.95. The molecule has 1 aliphatic rings. The van der Waals surface area contributed by atoms with Gasteiger partial charge in [-0.25, -0.2) is 4.39 Å². The van der Waals surface area contributed by atoms with Crippen molar-refractivity contribution in [3.05, 3.63) is 63.2 Å². The van der Waals surface area contributed by atoms with Gasteiger partial charge < -0.3 is 4.74 Å². The molecular formula is C19H15BrFNO2S2. The molecule has 0 radical (unpaired) electrons. The topological polar surface area (TPSA) is 29.5 Å². The summed E-state index contributed by atoms with van der Waals surface area (Å²) in [4.78, 5) is 14.6. The maximum Gasteiger partial charge on any atom is 0.270 e. The minimum Gasteiger partial charge on any atom is -0.493 e. The average Bonchev–Trinajstić information content (AvgIpc) is 2.88. The van der Waals surface area contributed by atoms with Gasteiger partial charge in [0.05, 0.1) is 17.2 Å². The number of thioether (sulfide) groups is 1. The number of ether oxygens (including phenoxy) is 1. The standard InChI is InChI=1S/C19H15BrFNO2S2/c1-2-8-24-16-7-6-13(20)9-12(16)10-17-18(23)22(19(25)26-17)15-5-3-4-14(21)11-15/h3-7,9-11H,2,8H2,1H3/b17-10-. The molecule has 1 amide bonds. The number of carbonyl (C=O) groups excluding carboxylic acids is 1. The van der Waals surface area contributed by atoms with Crippen LogP contribution in [0.4, 0.5) is 10.1 Å². The van der Waals surface area contributed by atoms with Gasteiger partial charge in [-0.05, 0) is 48.9 Å². The van der Waals surface area contributed by atoms with E-state index in [0.29, 0.717) is 27.3 Å². The number of amides is 1. The molecule has 0 spiro atoms. The van der Waals surface area contributed by atoms with E-state index in [2.05, 4.69) is 15.9 Å². The van der Waals surface area contributed by atoms with Crippen molar-refractivity contribution in [2.24, 2.45) is 0 Å². The van der Waals surface area contributed by atoms with Gasteiger partial charge >= 0.3 is 0 Å². The number of benzene rings is 2. The van der Waals surface area contributed by atoms with Crippen molar-refractivity contribution in [1.29, 1.82) is 0 Å². The number of hydrogen-bond donors (Lipinski definition) is 0. The Morgan fingerprint density at radius 2 is 2.12 bits per heavy atom. The van der Waals surface area contributed by atoms with E-state index in [4.69, 9.17) is 17.0 Å². The van der Waals surface area contributed by atoms with E-state index < -0.39 is 5.82 Å². The molecule has 134 valence electrons. The van der Waals surface area contributed by atoms with Crippen LogP contribution in [0, 0.1) is 5.82 Å². The van der Waals surface area contributed by atoms with E-state index in [0.717, 1.165) is 16.5 Å². The Bertz CT molecular complexity index is 901. The quantitative estimate of drug-likeness (QED) is 0.425. The van der Waals surface area contributed by atoms with Gasteiger partial charge in [-0.3, -0.25) is 9.69 Å². The average molecular weight is 452 g/mol. The van der Waals surface area contributed by atoms with Crippen molar-refractivity contribution < 1.29 is 13.9 Å². The number of thiocarbonyl (C=S) groups is 1. The molecule has 0 aliphatic carbocycles. The van der Waals surface area contributed by atoms with Gasteiger partial charge in [0, 0.05) is 10.0 Å². The third-order valence-electron chi connectivity index (χ3n) is 3.58. The second-order valence-electron chi connectivity index (χ2n) is 5.53. The molecule has 0 aromatic heterocycles. The molecule has 1 fully saturated rings. The van der Waals surface area contributed by atoms with Crippen LogP contribution in [0.3, 0.4) is 0 Å². The van der Waals surface area contributed by atoms with E-state index in [1.807, 2.05) is 25.1 Å². The van der Waals surface area contributed by atoms with Gasteiger partial charge in [0.2, 0.25) is 0 Å². The Morgan fingerprint density at radius 3 is 2.85 bits per heavy atom. The minimum atomic E-state index is -0.414. The lowest BCUT2D eigenvalue weighted by atomic mass is 10.2. The zero-order valence-corrected chi connectivity index (χ0v) is 17.1. The van der Waals surface area contributed by atoms with Gasteiger partial charge in [-0.15, -0.1) is 0 Å². The minimum absolute atomic E-state index is 0.271. The van der Waals surface area contributed by atoms with Crippen LogP contribution in [0.5, 0.6) is 5.75 Å². The molecule has 1 saturated heterocycles. The van der Waals surface area contributed by atoms with Crippen LogP contribution in [-0.2, 0) is 4.79 Å². The van der Waals surface area contributed by atoms with E-state index in [1.54, 1.807) is 18.2 Å². The summed E-state index contributed by atoms with van der Waals surface area (Å²) < 4.78 is 20.5. The van der Waals surface area contributed by atoms with E-state index >= 15 is 0 Å². The van der Waals surface area contributed by atoms with Gasteiger partial charge in [0.1, 0.15) is 11.6 Å². The summed E-state index contributed by atoms with van der Waals surface area (Å²) in [6.45, 7) is 2.62. The zero-order chi connectivity index (χ0) is 18.7. The van der Waals surface area contributed by atoms with Gasteiger partial charge in [-0.2, -0.15) is 0 Å². The van der Waals surface area contributed by atoms with Crippen LogP contribution in [-0.4, -0.2) is 16.8 Å². The highest BCUT2D eigenvalue weighted by Crippen LogP contribution is 2.37. The molecule has 0 atom stereocenters. The van der Waals surface area contributed by atoms with Crippen LogP contribution in [0.1, 0.15) is 18.9 Å². The number of nitrogens with zero attached hydrogens (tertiary/aromatic N) is 1. The normalized spacial score (nSPS) is 15.8. The summed E-state index contributed by atoms with van der Waals surface area (Å²) in [6, 6.07) is 11.5. The summed E-state index contributed by atoms with van der Waals surface area (Å²) >= 11 is 9.96. The summed E-state index contributed by atoms with van der Waals surface area (Å²) in [5, 5.41) is 0. The fourth-order valence-electron chi connectivity index (χ4n) is 2.42. The van der Waals surface area contributed by atoms with E-state index in [9.17, 15) is 9.18 Å².